The molecule has 176 valence electrons. The van der Waals surface area contributed by atoms with Crippen molar-refractivity contribution >= 4 is 22.7 Å². The quantitative estimate of drug-likeness (QED) is 0.354. The second kappa shape index (κ2) is 11.2. The zero-order valence-corrected chi connectivity index (χ0v) is 18.5. The van der Waals surface area contributed by atoms with Gasteiger partial charge in [0.1, 0.15) is 17.0 Å². The van der Waals surface area contributed by atoms with Gasteiger partial charge >= 0.3 is 0 Å². The first-order valence-electron chi connectivity index (χ1n) is 10.7. The number of aliphatic hydroxyl groups is 1. The molecule has 10 heteroatoms. The normalized spacial score (nSPS) is 11.6. The molecule has 0 saturated carbocycles. The molecule has 3 aromatic rings. The van der Waals surface area contributed by atoms with E-state index in [-0.39, 0.29) is 41.9 Å². The number of hydrogen-bond donors (Lipinski definition) is 4. The van der Waals surface area contributed by atoms with Crippen LogP contribution in [-0.2, 0) is 6.42 Å². The SMILES string of the molecule is CCC(O)CNC(=O)c1nc(C(=O)NCCC#N)c2cc(Cc3ccc(F)cc3)cnc2c1O. The molecular formula is C24H24FN5O4. The van der Waals surface area contributed by atoms with E-state index in [4.69, 9.17) is 5.26 Å². The minimum absolute atomic E-state index is 0.00415. The van der Waals surface area contributed by atoms with Crippen molar-refractivity contribution in [3.8, 4) is 11.8 Å². The highest BCUT2D eigenvalue weighted by molar-refractivity contribution is 6.09. The Hall–Kier alpha value is -4.10. The highest BCUT2D eigenvalue weighted by atomic mass is 19.1. The van der Waals surface area contributed by atoms with Crippen LogP contribution in [0.2, 0.25) is 0 Å². The molecule has 2 aromatic heterocycles. The highest BCUT2D eigenvalue weighted by Gasteiger charge is 2.24. The van der Waals surface area contributed by atoms with Crippen molar-refractivity contribution in [2.45, 2.75) is 32.3 Å². The van der Waals surface area contributed by atoms with Crippen molar-refractivity contribution in [2.75, 3.05) is 13.1 Å². The van der Waals surface area contributed by atoms with E-state index in [0.717, 1.165) is 5.56 Å². The molecule has 2 heterocycles. The Morgan fingerprint density at radius 1 is 1.15 bits per heavy atom. The molecule has 4 N–H and O–H groups in total. The number of carbonyl (C=O) groups is 2. The van der Waals surface area contributed by atoms with E-state index in [0.29, 0.717) is 18.4 Å². The van der Waals surface area contributed by atoms with Gasteiger partial charge in [0, 0.05) is 24.7 Å². The molecule has 1 unspecified atom stereocenters. The van der Waals surface area contributed by atoms with Crippen LogP contribution in [0.5, 0.6) is 5.75 Å². The third kappa shape index (κ3) is 5.82. The summed E-state index contributed by atoms with van der Waals surface area (Å²) in [5, 5.41) is 34.4. The Morgan fingerprint density at radius 2 is 1.85 bits per heavy atom. The standard InChI is InChI=1S/C24H24FN5O4/c1-2-17(31)13-29-24(34)21-22(32)19-18(20(30-21)23(33)27-9-3-8-26)11-15(12-28-19)10-14-4-6-16(25)7-5-14/h4-7,11-12,17,31-32H,2-3,9-10,13H2,1H3,(H,27,33)(H,29,34). The Kier molecular flexibility index (Phi) is 8.05. The molecule has 0 aliphatic carbocycles. The third-order valence-electron chi connectivity index (χ3n) is 5.12. The number of nitriles is 1. The second-order valence-electron chi connectivity index (χ2n) is 7.64. The average molecular weight is 465 g/mol. The van der Waals surface area contributed by atoms with Gasteiger partial charge in [-0.1, -0.05) is 19.1 Å². The second-order valence-corrected chi connectivity index (χ2v) is 7.64. The molecule has 0 aliphatic heterocycles. The minimum Gasteiger partial charge on any atom is -0.504 e. The smallest absolute Gasteiger partial charge is 0.273 e. The number of nitrogens with zero attached hydrogens (tertiary/aromatic N) is 3. The van der Waals surface area contributed by atoms with E-state index in [2.05, 4.69) is 20.6 Å². The van der Waals surface area contributed by atoms with Gasteiger partial charge in [-0.05, 0) is 42.2 Å². The maximum Gasteiger partial charge on any atom is 0.273 e. The molecule has 1 atom stereocenters. The first-order valence-corrected chi connectivity index (χ1v) is 10.7. The van der Waals surface area contributed by atoms with Gasteiger partial charge in [-0.3, -0.25) is 14.6 Å². The highest BCUT2D eigenvalue weighted by Crippen LogP contribution is 2.29. The number of aromatic hydroxyl groups is 1. The summed E-state index contributed by atoms with van der Waals surface area (Å²) in [6.45, 7) is 1.77. The Morgan fingerprint density at radius 3 is 2.53 bits per heavy atom. The number of carbonyl (C=O) groups excluding carboxylic acids is 2. The Bertz CT molecular complexity index is 1240. The number of hydrogen-bond acceptors (Lipinski definition) is 7. The van der Waals surface area contributed by atoms with Gasteiger partial charge in [-0.15, -0.1) is 0 Å². The molecule has 9 nitrogen and oxygen atoms in total. The van der Waals surface area contributed by atoms with Gasteiger partial charge in [-0.25, -0.2) is 9.37 Å². The molecular weight excluding hydrogens is 441 g/mol. The molecule has 34 heavy (non-hydrogen) atoms. The Labute approximate surface area is 195 Å². The maximum atomic E-state index is 13.2. The number of benzene rings is 1. The van der Waals surface area contributed by atoms with E-state index < -0.39 is 29.4 Å². The monoisotopic (exact) mass is 465 g/mol. The summed E-state index contributed by atoms with van der Waals surface area (Å²) in [7, 11) is 0. The van der Waals surface area contributed by atoms with Crippen LogP contribution in [0.1, 0.15) is 51.9 Å². The van der Waals surface area contributed by atoms with Crippen LogP contribution in [0.3, 0.4) is 0 Å². The van der Waals surface area contributed by atoms with E-state index in [9.17, 15) is 24.2 Å². The largest absolute Gasteiger partial charge is 0.504 e. The number of pyridine rings is 2. The van der Waals surface area contributed by atoms with Crippen LogP contribution >= 0.6 is 0 Å². The molecule has 0 aliphatic rings. The number of halogens is 1. The van der Waals surface area contributed by atoms with Crippen molar-refractivity contribution in [1.29, 1.82) is 5.26 Å². The minimum atomic E-state index is -0.771. The molecule has 0 radical (unpaired) electrons. The van der Waals surface area contributed by atoms with Gasteiger partial charge in [0.15, 0.2) is 11.4 Å². The molecule has 1 aromatic carbocycles. The lowest BCUT2D eigenvalue weighted by Crippen LogP contribution is -2.33. The predicted octanol–water partition coefficient (Wildman–Crippen LogP) is 2.21. The molecule has 0 fully saturated rings. The van der Waals surface area contributed by atoms with Crippen molar-refractivity contribution in [1.82, 2.24) is 20.6 Å². The van der Waals surface area contributed by atoms with Crippen LogP contribution in [0.4, 0.5) is 4.39 Å². The van der Waals surface area contributed by atoms with Gasteiger partial charge < -0.3 is 20.8 Å². The van der Waals surface area contributed by atoms with E-state index in [1.54, 1.807) is 25.1 Å². The fourth-order valence-electron chi connectivity index (χ4n) is 3.23. The summed E-state index contributed by atoms with van der Waals surface area (Å²) in [5.74, 6) is -2.26. The fraction of sp³-hybridized carbons (Fsp3) is 0.292. The zero-order valence-electron chi connectivity index (χ0n) is 18.5. The van der Waals surface area contributed by atoms with Gasteiger partial charge in [-0.2, -0.15) is 5.26 Å². The lowest BCUT2D eigenvalue weighted by molar-refractivity contribution is 0.0905. The predicted molar refractivity (Wildman–Crippen MR) is 122 cm³/mol. The summed E-state index contributed by atoms with van der Waals surface area (Å²) in [4.78, 5) is 33.8. The van der Waals surface area contributed by atoms with Crippen LogP contribution in [0.25, 0.3) is 10.9 Å². The van der Waals surface area contributed by atoms with E-state index in [1.807, 2.05) is 6.07 Å². The first kappa shape index (κ1) is 24.5. The number of rotatable bonds is 9. The number of aliphatic hydroxyl groups excluding tert-OH is 1. The van der Waals surface area contributed by atoms with Crippen molar-refractivity contribution in [3.63, 3.8) is 0 Å². The lowest BCUT2D eigenvalue weighted by Gasteiger charge is -2.14. The topological polar surface area (TPSA) is 148 Å². The third-order valence-corrected chi connectivity index (χ3v) is 5.12. The molecule has 3 rings (SSSR count). The first-order chi connectivity index (χ1) is 16.3. The summed E-state index contributed by atoms with van der Waals surface area (Å²) in [6.07, 6.45) is 1.61. The number of amides is 2. The number of aromatic nitrogens is 2. The average Bonchev–Trinajstić information content (AvgIpc) is 2.84. The number of fused-ring (bicyclic) bond motifs is 1. The Balaban J connectivity index is 2.03. The van der Waals surface area contributed by atoms with Crippen LogP contribution in [0.15, 0.2) is 36.5 Å². The van der Waals surface area contributed by atoms with Gasteiger partial charge in [0.05, 0.1) is 18.6 Å². The van der Waals surface area contributed by atoms with Crippen LogP contribution < -0.4 is 10.6 Å². The maximum absolute atomic E-state index is 13.2. The zero-order chi connectivity index (χ0) is 24.7. The summed E-state index contributed by atoms with van der Waals surface area (Å²) in [5.41, 5.74) is 0.949. The summed E-state index contributed by atoms with van der Waals surface area (Å²) < 4.78 is 13.2. The van der Waals surface area contributed by atoms with E-state index >= 15 is 0 Å². The molecule has 0 bridgehead atoms. The fourth-order valence-corrected chi connectivity index (χ4v) is 3.23. The van der Waals surface area contributed by atoms with Gasteiger partial charge in [0.2, 0.25) is 0 Å². The van der Waals surface area contributed by atoms with Crippen molar-refractivity contribution < 1.29 is 24.2 Å². The molecule has 2 amide bonds. The van der Waals surface area contributed by atoms with Gasteiger partial charge in [0.25, 0.3) is 11.8 Å². The van der Waals surface area contributed by atoms with Crippen molar-refractivity contribution in [2.24, 2.45) is 0 Å². The van der Waals surface area contributed by atoms with Crippen LogP contribution in [0, 0.1) is 17.1 Å². The van der Waals surface area contributed by atoms with E-state index in [1.165, 1.54) is 18.3 Å². The van der Waals surface area contributed by atoms with Crippen molar-refractivity contribution in [3.05, 3.63) is 64.9 Å². The van der Waals surface area contributed by atoms with Crippen LogP contribution in [-0.4, -0.2) is 51.2 Å². The molecule has 0 spiro atoms. The summed E-state index contributed by atoms with van der Waals surface area (Å²) in [6, 6.07) is 9.48. The molecule has 0 saturated heterocycles. The summed E-state index contributed by atoms with van der Waals surface area (Å²) >= 11 is 0. The number of nitrogens with one attached hydrogen (secondary N) is 2. The lowest BCUT2D eigenvalue weighted by atomic mass is 10.0.